The quantitative estimate of drug-likeness (QED) is 0.623. The lowest BCUT2D eigenvalue weighted by molar-refractivity contribution is 0.159. The Kier molecular flexibility index (Phi) is 25.2. The molecule has 0 fully saturated rings. The first-order valence-electron chi connectivity index (χ1n) is 4.45. The van der Waals surface area contributed by atoms with Gasteiger partial charge in [0.05, 0.1) is 6.61 Å². The number of carbonyl (C=O) groups excluding carboxylic acids is 1. The Morgan fingerprint density at radius 3 is 1.67 bits per heavy atom. The maximum Gasteiger partial charge on any atom is 0.403 e. The van der Waals surface area contributed by atoms with E-state index in [9.17, 15) is 4.79 Å². The molecule has 0 aliphatic heterocycles. The lowest BCUT2D eigenvalue weighted by Gasteiger charge is -2.00. The predicted octanol–water partition coefficient (Wildman–Crippen LogP) is 4.07. The van der Waals surface area contributed by atoms with Gasteiger partial charge in [-0.25, -0.2) is 4.79 Å². The summed E-state index contributed by atoms with van der Waals surface area (Å²) in [6, 6.07) is 0. The normalized spacial score (nSPS) is 7.33. The van der Waals surface area contributed by atoms with Crippen molar-refractivity contribution in [3.05, 3.63) is 0 Å². The van der Waals surface area contributed by atoms with Crippen LogP contribution in [-0.2, 0) is 4.74 Å². The highest BCUT2D eigenvalue weighted by Gasteiger charge is 1.96. The average Bonchev–Trinajstić information content (AvgIpc) is 2.08. The van der Waals surface area contributed by atoms with Gasteiger partial charge in [0, 0.05) is 11.6 Å². The van der Waals surface area contributed by atoms with Gasteiger partial charge in [-0.1, -0.05) is 41.5 Å². The Labute approximate surface area is 81.2 Å². The largest absolute Gasteiger partial charge is 0.453 e. The summed E-state index contributed by atoms with van der Waals surface area (Å²) < 4.78 is 4.43. The van der Waals surface area contributed by atoms with Gasteiger partial charge in [-0.05, 0) is 5.92 Å². The van der Waals surface area contributed by atoms with Crippen LogP contribution in [0.3, 0.4) is 0 Å². The molecular weight excluding hydrogens is 176 g/mol. The van der Waals surface area contributed by atoms with Gasteiger partial charge in [0.25, 0.3) is 0 Å². The zero-order valence-electron chi connectivity index (χ0n) is 8.98. The molecule has 0 bridgehead atoms. The van der Waals surface area contributed by atoms with Gasteiger partial charge in [0.15, 0.2) is 0 Å². The molecule has 0 N–H and O–H groups in total. The second kappa shape index (κ2) is 17.0. The van der Waals surface area contributed by atoms with E-state index in [1.54, 1.807) is 0 Å². The van der Waals surface area contributed by atoms with Crippen molar-refractivity contribution in [2.24, 2.45) is 5.92 Å². The second-order valence-electron chi connectivity index (χ2n) is 1.94. The SMILES string of the molecule is CC.CC.CC(C)COC(=O)Cl. The van der Waals surface area contributed by atoms with E-state index in [2.05, 4.69) is 4.74 Å². The fraction of sp³-hybridized carbons (Fsp3) is 0.889. The minimum atomic E-state index is -0.723. The summed E-state index contributed by atoms with van der Waals surface area (Å²) in [4.78, 5) is 9.89. The molecule has 0 unspecified atom stereocenters. The monoisotopic (exact) mass is 196 g/mol. The molecule has 12 heavy (non-hydrogen) atoms. The third kappa shape index (κ3) is 33.1. The van der Waals surface area contributed by atoms with Gasteiger partial charge in [-0.15, -0.1) is 0 Å². The van der Waals surface area contributed by atoms with Crippen molar-refractivity contribution in [1.29, 1.82) is 0 Å². The summed E-state index contributed by atoms with van der Waals surface area (Å²) in [5, 5.41) is 0. The molecule has 3 heteroatoms. The van der Waals surface area contributed by atoms with Crippen molar-refractivity contribution in [2.75, 3.05) is 6.61 Å². The van der Waals surface area contributed by atoms with Crippen molar-refractivity contribution in [3.8, 4) is 0 Å². The molecule has 0 radical (unpaired) electrons. The van der Waals surface area contributed by atoms with Crippen molar-refractivity contribution in [1.82, 2.24) is 0 Å². The minimum absolute atomic E-state index is 0.359. The third-order valence-electron chi connectivity index (χ3n) is 0.530. The van der Waals surface area contributed by atoms with Crippen molar-refractivity contribution in [2.45, 2.75) is 41.5 Å². The van der Waals surface area contributed by atoms with E-state index >= 15 is 0 Å². The molecule has 0 saturated heterocycles. The van der Waals surface area contributed by atoms with Gasteiger partial charge in [-0.2, -0.15) is 0 Å². The second-order valence-corrected chi connectivity index (χ2v) is 2.25. The topological polar surface area (TPSA) is 26.3 Å². The highest BCUT2D eigenvalue weighted by atomic mass is 35.5. The van der Waals surface area contributed by atoms with Crippen LogP contribution in [0, 0.1) is 5.92 Å². The minimum Gasteiger partial charge on any atom is -0.453 e. The van der Waals surface area contributed by atoms with Gasteiger partial charge >= 0.3 is 5.43 Å². The van der Waals surface area contributed by atoms with Gasteiger partial charge < -0.3 is 4.74 Å². The Hall–Kier alpha value is -0.240. The van der Waals surface area contributed by atoms with E-state index in [4.69, 9.17) is 11.6 Å². The van der Waals surface area contributed by atoms with E-state index in [-0.39, 0.29) is 0 Å². The molecule has 0 rings (SSSR count). The smallest absolute Gasteiger partial charge is 0.403 e. The number of rotatable bonds is 2. The molecule has 0 spiro atoms. The zero-order valence-corrected chi connectivity index (χ0v) is 9.73. The van der Waals surface area contributed by atoms with Crippen LogP contribution >= 0.6 is 11.6 Å². The van der Waals surface area contributed by atoms with Crippen LogP contribution < -0.4 is 0 Å². The predicted molar refractivity (Wildman–Crippen MR) is 54.7 cm³/mol. The maximum atomic E-state index is 9.89. The summed E-state index contributed by atoms with van der Waals surface area (Å²) in [6.45, 7) is 12.3. The molecule has 0 amide bonds. The summed E-state index contributed by atoms with van der Waals surface area (Å²) in [7, 11) is 0. The van der Waals surface area contributed by atoms with E-state index in [0.29, 0.717) is 12.5 Å². The van der Waals surface area contributed by atoms with Crippen LogP contribution in [0.2, 0.25) is 0 Å². The van der Waals surface area contributed by atoms with Crippen LogP contribution in [0.5, 0.6) is 0 Å². The number of ether oxygens (including phenoxy) is 1. The average molecular weight is 197 g/mol. The first-order valence-corrected chi connectivity index (χ1v) is 4.83. The van der Waals surface area contributed by atoms with Gasteiger partial charge in [0.1, 0.15) is 0 Å². The summed E-state index contributed by atoms with van der Waals surface area (Å²) in [6.07, 6.45) is 0. The number of carbonyl (C=O) groups is 1. The molecule has 0 saturated carbocycles. The van der Waals surface area contributed by atoms with Crippen LogP contribution in [0.15, 0.2) is 0 Å². The highest BCUT2D eigenvalue weighted by molar-refractivity contribution is 6.61. The number of hydrogen-bond acceptors (Lipinski definition) is 2. The molecule has 0 aliphatic carbocycles. The Balaban J connectivity index is -0.000000175. The van der Waals surface area contributed by atoms with Crippen LogP contribution in [0.1, 0.15) is 41.5 Å². The number of hydrogen-bond donors (Lipinski definition) is 0. The summed E-state index contributed by atoms with van der Waals surface area (Å²) in [5.74, 6) is 0.359. The van der Waals surface area contributed by atoms with Crippen LogP contribution in [-0.4, -0.2) is 12.0 Å². The fourth-order valence-corrected chi connectivity index (χ4v) is 0.295. The van der Waals surface area contributed by atoms with E-state index < -0.39 is 5.43 Å². The maximum absolute atomic E-state index is 9.89. The summed E-state index contributed by atoms with van der Waals surface area (Å²) >= 11 is 4.86. The Morgan fingerprint density at radius 1 is 1.25 bits per heavy atom. The lowest BCUT2D eigenvalue weighted by Crippen LogP contribution is -2.02. The van der Waals surface area contributed by atoms with Crippen molar-refractivity contribution in [3.63, 3.8) is 0 Å². The first kappa shape index (κ1) is 17.7. The molecule has 2 nitrogen and oxygen atoms in total. The Morgan fingerprint density at radius 2 is 1.58 bits per heavy atom. The fourth-order valence-electron chi connectivity index (χ4n) is 0.232. The van der Waals surface area contributed by atoms with Crippen LogP contribution in [0.4, 0.5) is 4.79 Å². The molecule has 0 aromatic rings. The van der Waals surface area contributed by atoms with E-state index in [1.165, 1.54) is 0 Å². The molecule has 0 aliphatic rings. The zero-order chi connectivity index (χ0) is 10.6. The molecular formula is C9H21ClO2. The number of halogens is 1. The lowest BCUT2D eigenvalue weighted by atomic mass is 10.2. The first-order chi connectivity index (χ1) is 5.63. The van der Waals surface area contributed by atoms with E-state index in [1.807, 2.05) is 41.5 Å². The van der Waals surface area contributed by atoms with Gasteiger partial charge in [-0.3, -0.25) is 0 Å². The molecule has 76 valence electrons. The van der Waals surface area contributed by atoms with E-state index in [0.717, 1.165) is 0 Å². The molecule has 0 atom stereocenters. The van der Waals surface area contributed by atoms with Crippen LogP contribution in [0.25, 0.3) is 0 Å². The molecule has 0 aromatic heterocycles. The third-order valence-corrected chi connectivity index (χ3v) is 0.639. The Bertz CT molecular complexity index is 82.6. The standard InChI is InChI=1S/C5H9ClO2.2C2H6/c1-4(2)3-8-5(6)7;2*1-2/h4H,3H2,1-2H3;2*1-2H3. The van der Waals surface area contributed by atoms with Crippen molar-refractivity contribution < 1.29 is 9.53 Å². The van der Waals surface area contributed by atoms with Gasteiger partial charge in [0.2, 0.25) is 0 Å². The van der Waals surface area contributed by atoms with Crippen molar-refractivity contribution >= 4 is 17.0 Å². The summed E-state index contributed by atoms with van der Waals surface area (Å²) in [5.41, 5.74) is -0.723. The molecule has 0 aromatic carbocycles. The highest BCUT2D eigenvalue weighted by Crippen LogP contribution is 1.94. The molecule has 0 heterocycles.